The summed E-state index contributed by atoms with van der Waals surface area (Å²) >= 11 is 0. The van der Waals surface area contributed by atoms with Crippen molar-refractivity contribution in [2.75, 3.05) is 12.4 Å². The number of aromatic nitrogens is 1. The Morgan fingerprint density at radius 2 is 2.38 bits per heavy atom. The molecule has 0 radical (unpaired) electrons. The molecule has 5 heteroatoms. The SMILES string of the molecule is COC1CC(Nc2cnccc2C(=O)O)C1. The lowest BCUT2D eigenvalue weighted by Gasteiger charge is -2.35. The van der Waals surface area contributed by atoms with Gasteiger partial charge in [0.2, 0.25) is 0 Å². The van der Waals surface area contributed by atoms with Crippen molar-refractivity contribution in [3.63, 3.8) is 0 Å². The number of nitrogens with zero attached hydrogens (tertiary/aromatic N) is 1. The smallest absolute Gasteiger partial charge is 0.337 e. The lowest BCUT2D eigenvalue weighted by atomic mass is 9.89. The number of ether oxygens (including phenoxy) is 1. The van der Waals surface area contributed by atoms with Gasteiger partial charge < -0.3 is 15.2 Å². The predicted octanol–water partition coefficient (Wildman–Crippen LogP) is 1.37. The Balaban J connectivity index is 2.02. The molecule has 1 saturated carbocycles. The molecule has 0 spiro atoms. The first-order valence-electron chi connectivity index (χ1n) is 5.17. The van der Waals surface area contributed by atoms with E-state index in [9.17, 15) is 4.79 Å². The molecule has 0 atom stereocenters. The Morgan fingerprint density at radius 3 is 3.00 bits per heavy atom. The Bertz CT molecular complexity index is 389. The van der Waals surface area contributed by atoms with Crippen molar-refractivity contribution in [1.29, 1.82) is 0 Å². The van der Waals surface area contributed by atoms with E-state index in [1.54, 1.807) is 13.3 Å². The van der Waals surface area contributed by atoms with Crippen LogP contribution in [0.5, 0.6) is 0 Å². The first-order chi connectivity index (χ1) is 7.70. The van der Waals surface area contributed by atoms with Gasteiger partial charge in [0.25, 0.3) is 0 Å². The highest BCUT2D eigenvalue weighted by Crippen LogP contribution is 2.27. The van der Waals surface area contributed by atoms with Gasteiger partial charge in [0.1, 0.15) is 0 Å². The van der Waals surface area contributed by atoms with E-state index in [0.717, 1.165) is 12.8 Å². The first-order valence-corrected chi connectivity index (χ1v) is 5.17. The fourth-order valence-electron chi connectivity index (χ4n) is 1.79. The average Bonchev–Trinajstić information content (AvgIpc) is 2.23. The summed E-state index contributed by atoms with van der Waals surface area (Å²) in [5.41, 5.74) is 0.838. The Labute approximate surface area is 93.5 Å². The molecule has 2 N–H and O–H groups in total. The van der Waals surface area contributed by atoms with Crippen LogP contribution in [0, 0.1) is 0 Å². The number of hydrogen-bond acceptors (Lipinski definition) is 4. The van der Waals surface area contributed by atoms with E-state index in [1.165, 1.54) is 12.3 Å². The number of anilines is 1. The van der Waals surface area contributed by atoms with Crippen LogP contribution in [-0.2, 0) is 4.74 Å². The lowest BCUT2D eigenvalue weighted by molar-refractivity contribution is 0.0328. The highest BCUT2D eigenvalue weighted by Gasteiger charge is 2.29. The fraction of sp³-hybridized carbons (Fsp3) is 0.455. The minimum absolute atomic E-state index is 0.260. The number of aromatic carboxylic acids is 1. The molecule has 1 heterocycles. The summed E-state index contributed by atoms with van der Waals surface area (Å²) in [6, 6.07) is 1.78. The molecule has 0 aromatic carbocycles. The normalized spacial score (nSPS) is 23.6. The first kappa shape index (κ1) is 10.9. The van der Waals surface area contributed by atoms with Gasteiger partial charge in [0.15, 0.2) is 0 Å². The molecule has 1 aromatic rings. The van der Waals surface area contributed by atoms with E-state index in [1.807, 2.05) is 0 Å². The van der Waals surface area contributed by atoms with Gasteiger partial charge in [-0.2, -0.15) is 0 Å². The van der Waals surface area contributed by atoms with Gasteiger partial charge in [-0.05, 0) is 18.9 Å². The molecule has 5 nitrogen and oxygen atoms in total. The third-order valence-electron chi connectivity index (χ3n) is 2.84. The monoisotopic (exact) mass is 222 g/mol. The minimum Gasteiger partial charge on any atom is -0.478 e. The van der Waals surface area contributed by atoms with Gasteiger partial charge in [0.05, 0.1) is 23.6 Å². The second-order valence-electron chi connectivity index (χ2n) is 3.90. The highest BCUT2D eigenvalue weighted by molar-refractivity contribution is 5.93. The zero-order valence-electron chi connectivity index (χ0n) is 9.01. The molecule has 0 unspecified atom stereocenters. The molecule has 0 amide bonds. The molecular weight excluding hydrogens is 208 g/mol. The van der Waals surface area contributed by atoms with E-state index in [0.29, 0.717) is 11.8 Å². The second kappa shape index (κ2) is 4.49. The summed E-state index contributed by atoms with van der Waals surface area (Å²) in [5, 5.41) is 12.1. The third-order valence-corrected chi connectivity index (χ3v) is 2.84. The van der Waals surface area contributed by atoms with E-state index >= 15 is 0 Å². The molecule has 16 heavy (non-hydrogen) atoms. The largest absolute Gasteiger partial charge is 0.478 e. The van der Waals surface area contributed by atoms with Gasteiger partial charge in [-0.1, -0.05) is 0 Å². The van der Waals surface area contributed by atoms with E-state index in [4.69, 9.17) is 9.84 Å². The quantitative estimate of drug-likeness (QED) is 0.805. The van der Waals surface area contributed by atoms with Gasteiger partial charge in [-0.25, -0.2) is 4.79 Å². The highest BCUT2D eigenvalue weighted by atomic mass is 16.5. The zero-order valence-corrected chi connectivity index (χ0v) is 9.01. The number of rotatable bonds is 4. The lowest BCUT2D eigenvalue weighted by Crippen LogP contribution is -2.40. The van der Waals surface area contributed by atoms with Crippen molar-refractivity contribution in [3.05, 3.63) is 24.0 Å². The Morgan fingerprint density at radius 1 is 1.62 bits per heavy atom. The number of methoxy groups -OCH3 is 1. The van der Waals surface area contributed by atoms with Crippen LogP contribution >= 0.6 is 0 Å². The summed E-state index contributed by atoms with van der Waals surface area (Å²) in [6.07, 6.45) is 5.13. The summed E-state index contributed by atoms with van der Waals surface area (Å²) in [6.45, 7) is 0. The van der Waals surface area contributed by atoms with Crippen LogP contribution in [0.1, 0.15) is 23.2 Å². The molecule has 0 bridgehead atoms. The molecule has 0 saturated heterocycles. The van der Waals surface area contributed by atoms with Crippen molar-refractivity contribution in [3.8, 4) is 0 Å². The molecule has 2 rings (SSSR count). The predicted molar refractivity (Wildman–Crippen MR) is 58.6 cm³/mol. The average molecular weight is 222 g/mol. The van der Waals surface area contributed by atoms with Crippen molar-refractivity contribution in [2.24, 2.45) is 0 Å². The van der Waals surface area contributed by atoms with Crippen LogP contribution in [0.25, 0.3) is 0 Å². The van der Waals surface area contributed by atoms with Crippen molar-refractivity contribution < 1.29 is 14.6 Å². The van der Waals surface area contributed by atoms with Gasteiger partial charge in [0, 0.05) is 19.3 Å². The van der Waals surface area contributed by atoms with Crippen LogP contribution in [-0.4, -0.2) is 35.3 Å². The van der Waals surface area contributed by atoms with E-state index in [2.05, 4.69) is 10.3 Å². The van der Waals surface area contributed by atoms with E-state index in [-0.39, 0.29) is 11.6 Å². The minimum atomic E-state index is -0.937. The number of carbonyl (C=O) groups is 1. The molecule has 1 aliphatic carbocycles. The van der Waals surface area contributed by atoms with Gasteiger partial charge in [-0.15, -0.1) is 0 Å². The van der Waals surface area contributed by atoms with Crippen LogP contribution in [0.2, 0.25) is 0 Å². The van der Waals surface area contributed by atoms with Gasteiger partial charge in [-0.3, -0.25) is 4.98 Å². The number of hydrogen-bond donors (Lipinski definition) is 2. The standard InChI is InChI=1S/C11H14N2O3/c1-16-8-4-7(5-8)13-10-6-12-3-2-9(10)11(14)15/h2-3,6-8,13H,4-5H2,1H3,(H,14,15). The van der Waals surface area contributed by atoms with Crippen molar-refractivity contribution in [1.82, 2.24) is 4.98 Å². The maximum absolute atomic E-state index is 10.9. The zero-order chi connectivity index (χ0) is 11.5. The van der Waals surface area contributed by atoms with Gasteiger partial charge >= 0.3 is 5.97 Å². The fourth-order valence-corrected chi connectivity index (χ4v) is 1.79. The Kier molecular flexibility index (Phi) is 3.05. The maximum Gasteiger partial charge on any atom is 0.337 e. The number of carboxylic acids is 1. The van der Waals surface area contributed by atoms with E-state index < -0.39 is 5.97 Å². The van der Waals surface area contributed by atoms with Crippen LogP contribution in [0.4, 0.5) is 5.69 Å². The topological polar surface area (TPSA) is 71.5 Å². The molecule has 1 aromatic heterocycles. The molecule has 1 aliphatic rings. The van der Waals surface area contributed by atoms with Crippen LogP contribution in [0.3, 0.4) is 0 Å². The summed E-state index contributed by atoms with van der Waals surface area (Å²) in [5.74, 6) is -0.937. The second-order valence-corrected chi connectivity index (χ2v) is 3.90. The van der Waals surface area contributed by atoms with Crippen LogP contribution in [0.15, 0.2) is 18.5 Å². The number of carboxylic acid groups (broad SMARTS) is 1. The molecule has 86 valence electrons. The maximum atomic E-state index is 10.9. The van der Waals surface area contributed by atoms with Crippen molar-refractivity contribution in [2.45, 2.75) is 25.0 Å². The molecule has 0 aliphatic heterocycles. The Hall–Kier alpha value is -1.62. The summed E-state index contributed by atoms with van der Waals surface area (Å²) < 4.78 is 5.16. The number of nitrogens with one attached hydrogen (secondary N) is 1. The van der Waals surface area contributed by atoms with Crippen molar-refractivity contribution >= 4 is 11.7 Å². The summed E-state index contributed by atoms with van der Waals surface area (Å²) in [4.78, 5) is 14.9. The van der Waals surface area contributed by atoms with Crippen LogP contribution < -0.4 is 5.32 Å². The molecular formula is C11H14N2O3. The number of pyridine rings is 1. The molecule has 1 fully saturated rings. The third kappa shape index (κ3) is 2.14. The summed E-state index contributed by atoms with van der Waals surface area (Å²) in [7, 11) is 1.69.